The molecule has 22 heavy (non-hydrogen) atoms. The summed E-state index contributed by atoms with van der Waals surface area (Å²) in [7, 11) is 0. The second kappa shape index (κ2) is 8.73. The Morgan fingerprint density at radius 3 is 2.91 bits per heavy atom. The molecule has 1 aliphatic rings. The highest BCUT2D eigenvalue weighted by molar-refractivity contribution is 5.67. The molecule has 1 aliphatic heterocycles. The lowest BCUT2D eigenvalue weighted by Crippen LogP contribution is -2.41. The molecule has 2 rings (SSSR count). The van der Waals surface area contributed by atoms with Gasteiger partial charge in [0.2, 0.25) is 0 Å². The monoisotopic (exact) mass is 309 g/mol. The van der Waals surface area contributed by atoms with E-state index in [2.05, 4.69) is 0 Å². The molecule has 6 nitrogen and oxygen atoms in total. The summed E-state index contributed by atoms with van der Waals surface area (Å²) in [4.78, 5) is 13.6. The Bertz CT molecular complexity index is 453. The molecule has 1 aromatic rings. The molecule has 0 saturated carbocycles. The Kier molecular flexibility index (Phi) is 6.64. The van der Waals surface area contributed by atoms with Gasteiger partial charge < -0.3 is 24.2 Å². The third kappa shape index (κ3) is 4.98. The standard InChI is InChI=1S/C16H23NO5/c1-2-20-12-15-14(18)10-17(8-9-21-15)16(19)22-11-13-6-4-3-5-7-13/h3-7,14-15,18H,2,8-12H2,1H3/t14-,15+/m0/s1. The van der Waals surface area contributed by atoms with Gasteiger partial charge in [0.1, 0.15) is 18.8 Å². The average Bonchev–Trinajstić information content (AvgIpc) is 2.73. The normalized spacial score (nSPS) is 22.2. The zero-order valence-electron chi connectivity index (χ0n) is 12.8. The van der Waals surface area contributed by atoms with Crippen molar-refractivity contribution >= 4 is 6.09 Å². The number of amides is 1. The van der Waals surface area contributed by atoms with Crippen molar-refractivity contribution in [1.29, 1.82) is 0 Å². The van der Waals surface area contributed by atoms with Gasteiger partial charge in [0.05, 0.1) is 19.8 Å². The van der Waals surface area contributed by atoms with Crippen molar-refractivity contribution in [3.63, 3.8) is 0 Å². The van der Waals surface area contributed by atoms with Crippen molar-refractivity contribution in [3.8, 4) is 0 Å². The number of benzene rings is 1. The van der Waals surface area contributed by atoms with Crippen molar-refractivity contribution in [3.05, 3.63) is 35.9 Å². The van der Waals surface area contributed by atoms with Crippen LogP contribution in [0.4, 0.5) is 4.79 Å². The van der Waals surface area contributed by atoms with Crippen LogP contribution < -0.4 is 0 Å². The molecule has 1 fully saturated rings. The first kappa shape index (κ1) is 16.7. The minimum atomic E-state index is -0.779. The summed E-state index contributed by atoms with van der Waals surface area (Å²) in [6.45, 7) is 3.93. The van der Waals surface area contributed by atoms with Gasteiger partial charge in [0, 0.05) is 13.2 Å². The van der Waals surface area contributed by atoms with Crippen molar-refractivity contribution in [2.45, 2.75) is 25.7 Å². The van der Waals surface area contributed by atoms with Crippen LogP contribution in [0.1, 0.15) is 12.5 Å². The Hall–Kier alpha value is -1.63. The summed E-state index contributed by atoms with van der Waals surface area (Å²) in [5, 5.41) is 10.1. The van der Waals surface area contributed by atoms with E-state index < -0.39 is 18.3 Å². The number of hydrogen-bond acceptors (Lipinski definition) is 5. The number of aliphatic hydroxyl groups is 1. The molecular weight excluding hydrogens is 286 g/mol. The van der Waals surface area contributed by atoms with E-state index in [4.69, 9.17) is 14.2 Å². The zero-order valence-corrected chi connectivity index (χ0v) is 12.8. The maximum absolute atomic E-state index is 12.1. The Labute approximate surface area is 130 Å². The number of carbonyl (C=O) groups excluding carboxylic acids is 1. The van der Waals surface area contributed by atoms with E-state index in [1.807, 2.05) is 37.3 Å². The van der Waals surface area contributed by atoms with Crippen LogP contribution in [0, 0.1) is 0 Å². The molecule has 1 heterocycles. The number of ether oxygens (including phenoxy) is 3. The second-order valence-corrected chi connectivity index (χ2v) is 5.12. The largest absolute Gasteiger partial charge is 0.445 e. The lowest BCUT2D eigenvalue weighted by Gasteiger charge is -2.23. The molecule has 0 aliphatic carbocycles. The number of hydrogen-bond donors (Lipinski definition) is 1. The summed E-state index contributed by atoms with van der Waals surface area (Å²) in [5.74, 6) is 0. The highest BCUT2D eigenvalue weighted by atomic mass is 16.6. The first-order valence-electron chi connectivity index (χ1n) is 7.53. The molecular formula is C16H23NO5. The van der Waals surface area contributed by atoms with E-state index in [9.17, 15) is 9.90 Å². The van der Waals surface area contributed by atoms with Gasteiger partial charge in [0.15, 0.2) is 0 Å². The quantitative estimate of drug-likeness (QED) is 0.891. The second-order valence-electron chi connectivity index (χ2n) is 5.12. The Morgan fingerprint density at radius 1 is 1.41 bits per heavy atom. The van der Waals surface area contributed by atoms with E-state index in [1.54, 1.807) is 0 Å². The molecule has 0 unspecified atom stereocenters. The Morgan fingerprint density at radius 2 is 2.18 bits per heavy atom. The summed E-state index contributed by atoms with van der Waals surface area (Å²) in [5.41, 5.74) is 0.927. The maximum atomic E-state index is 12.1. The van der Waals surface area contributed by atoms with Crippen LogP contribution in [0.5, 0.6) is 0 Å². The van der Waals surface area contributed by atoms with Gasteiger partial charge >= 0.3 is 6.09 Å². The predicted octanol–water partition coefficient (Wildman–Crippen LogP) is 1.42. The van der Waals surface area contributed by atoms with Gasteiger partial charge in [0.25, 0.3) is 0 Å². The molecule has 0 spiro atoms. The maximum Gasteiger partial charge on any atom is 0.410 e. The van der Waals surface area contributed by atoms with E-state index in [0.29, 0.717) is 26.4 Å². The summed E-state index contributed by atoms with van der Waals surface area (Å²) in [6, 6.07) is 9.49. The molecule has 0 radical (unpaired) electrons. The van der Waals surface area contributed by atoms with Crippen LogP contribution in [0.15, 0.2) is 30.3 Å². The average molecular weight is 309 g/mol. The number of nitrogens with zero attached hydrogens (tertiary/aromatic N) is 1. The third-order valence-electron chi connectivity index (χ3n) is 3.48. The SMILES string of the molecule is CCOC[C@H]1OCCN(C(=O)OCc2ccccc2)C[C@@H]1O. The van der Waals surface area contributed by atoms with Gasteiger partial charge in [-0.15, -0.1) is 0 Å². The van der Waals surface area contributed by atoms with E-state index in [1.165, 1.54) is 4.90 Å². The molecule has 1 N–H and O–H groups in total. The molecule has 0 aromatic heterocycles. The van der Waals surface area contributed by atoms with E-state index in [0.717, 1.165) is 5.56 Å². The molecule has 1 amide bonds. The van der Waals surface area contributed by atoms with Crippen LogP contribution >= 0.6 is 0 Å². The zero-order chi connectivity index (χ0) is 15.8. The van der Waals surface area contributed by atoms with E-state index >= 15 is 0 Å². The van der Waals surface area contributed by atoms with Crippen LogP contribution in [0.25, 0.3) is 0 Å². The third-order valence-corrected chi connectivity index (χ3v) is 3.48. The van der Waals surface area contributed by atoms with Crippen LogP contribution in [0.3, 0.4) is 0 Å². The summed E-state index contributed by atoms with van der Waals surface area (Å²) < 4.78 is 16.1. The van der Waals surface area contributed by atoms with Crippen molar-refractivity contribution in [2.75, 3.05) is 32.9 Å². The van der Waals surface area contributed by atoms with Gasteiger partial charge in [-0.2, -0.15) is 0 Å². The lowest BCUT2D eigenvalue weighted by molar-refractivity contribution is -0.0642. The van der Waals surface area contributed by atoms with Crippen molar-refractivity contribution in [1.82, 2.24) is 4.90 Å². The number of aliphatic hydroxyl groups excluding tert-OH is 1. The van der Waals surface area contributed by atoms with Crippen molar-refractivity contribution < 1.29 is 24.1 Å². The lowest BCUT2D eigenvalue weighted by atomic mass is 10.2. The Balaban J connectivity index is 1.82. The predicted molar refractivity (Wildman–Crippen MR) is 80.4 cm³/mol. The van der Waals surface area contributed by atoms with Gasteiger partial charge in [-0.05, 0) is 12.5 Å². The van der Waals surface area contributed by atoms with Crippen LogP contribution in [-0.2, 0) is 20.8 Å². The fourth-order valence-electron chi connectivity index (χ4n) is 2.23. The molecule has 1 saturated heterocycles. The molecule has 2 atom stereocenters. The van der Waals surface area contributed by atoms with Gasteiger partial charge in [-0.25, -0.2) is 4.79 Å². The molecule has 6 heteroatoms. The highest BCUT2D eigenvalue weighted by Gasteiger charge is 2.29. The minimum Gasteiger partial charge on any atom is -0.445 e. The number of carbonyl (C=O) groups is 1. The molecule has 122 valence electrons. The fourth-order valence-corrected chi connectivity index (χ4v) is 2.23. The van der Waals surface area contributed by atoms with Crippen LogP contribution in [0.2, 0.25) is 0 Å². The first-order valence-corrected chi connectivity index (χ1v) is 7.53. The van der Waals surface area contributed by atoms with Crippen LogP contribution in [-0.4, -0.2) is 61.2 Å². The first-order chi connectivity index (χ1) is 10.7. The van der Waals surface area contributed by atoms with Gasteiger partial charge in [-0.1, -0.05) is 30.3 Å². The number of rotatable bonds is 5. The molecule has 1 aromatic carbocycles. The minimum absolute atomic E-state index is 0.186. The smallest absolute Gasteiger partial charge is 0.410 e. The highest BCUT2D eigenvalue weighted by Crippen LogP contribution is 2.11. The summed E-state index contributed by atoms with van der Waals surface area (Å²) in [6.07, 6.45) is -1.63. The molecule has 0 bridgehead atoms. The van der Waals surface area contributed by atoms with Gasteiger partial charge in [-0.3, -0.25) is 0 Å². The number of β-amino-alcohol motifs (C(OH)–C–C–N with tert-alkyl or cyclic N) is 1. The fraction of sp³-hybridized carbons (Fsp3) is 0.562. The van der Waals surface area contributed by atoms with E-state index in [-0.39, 0.29) is 13.2 Å². The van der Waals surface area contributed by atoms with Crippen molar-refractivity contribution in [2.24, 2.45) is 0 Å². The topological polar surface area (TPSA) is 68.2 Å². The summed E-state index contributed by atoms with van der Waals surface area (Å²) >= 11 is 0.